The van der Waals surface area contributed by atoms with Crippen LogP contribution in [0.5, 0.6) is 5.75 Å². The second kappa shape index (κ2) is 10.2. The highest BCUT2D eigenvalue weighted by atomic mass is 35.5. The molecule has 0 saturated heterocycles. The van der Waals surface area contributed by atoms with Crippen LogP contribution < -0.4 is 9.46 Å². The lowest BCUT2D eigenvalue weighted by Gasteiger charge is -2.27. The summed E-state index contributed by atoms with van der Waals surface area (Å²) < 4.78 is 33.7. The van der Waals surface area contributed by atoms with Gasteiger partial charge in [0.2, 0.25) is 10.0 Å². The van der Waals surface area contributed by atoms with Crippen molar-refractivity contribution in [2.45, 2.75) is 24.4 Å². The van der Waals surface area contributed by atoms with Crippen molar-refractivity contribution in [3.8, 4) is 5.75 Å². The van der Waals surface area contributed by atoms with E-state index in [1.54, 1.807) is 14.2 Å². The van der Waals surface area contributed by atoms with Crippen molar-refractivity contribution in [3.05, 3.63) is 94.5 Å². The topological polar surface area (TPSA) is 75.7 Å². The molecule has 1 N–H and O–H groups in total. The van der Waals surface area contributed by atoms with Crippen molar-refractivity contribution < 1.29 is 17.9 Å². The summed E-state index contributed by atoms with van der Waals surface area (Å²) in [6, 6.07) is 20.5. The molecule has 0 bridgehead atoms. The smallest absolute Gasteiger partial charge is 0.254 e. The molecule has 0 aliphatic heterocycles. The first-order valence-corrected chi connectivity index (χ1v) is 11.8. The van der Waals surface area contributed by atoms with E-state index >= 15 is 0 Å². The molecule has 1 atom stereocenters. The molecule has 1 unspecified atom stereocenters. The predicted octanol–water partition coefficient (Wildman–Crippen LogP) is 4.66. The molecule has 0 saturated carbocycles. The van der Waals surface area contributed by atoms with Gasteiger partial charge in [0.15, 0.2) is 0 Å². The number of nitrogens with zero attached hydrogens (tertiary/aromatic N) is 1. The molecule has 32 heavy (non-hydrogen) atoms. The Balaban J connectivity index is 1.84. The minimum Gasteiger partial charge on any atom is -0.496 e. The van der Waals surface area contributed by atoms with E-state index in [1.165, 1.54) is 23.1 Å². The Morgan fingerprint density at radius 2 is 1.72 bits per heavy atom. The van der Waals surface area contributed by atoms with E-state index < -0.39 is 10.0 Å². The predicted molar refractivity (Wildman–Crippen MR) is 125 cm³/mol. The van der Waals surface area contributed by atoms with Crippen LogP contribution in [0.3, 0.4) is 0 Å². The highest BCUT2D eigenvalue weighted by Gasteiger charge is 2.24. The van der Waals surface area contributed by atoms with Gasteiger partial charge in [-0.05, 0) is 36.8 Å². The minimum atomic E-state index is -3.93. The number of halogens is 1. The minimum absolute atomic E-state index is 0.0440. The molecule has 0 aliphatic carbocycles. The molecule has 3 rings (SSSR count). The molecule has 8 heteroatoms. The molecule has 0 aromatic heterocycles. The van der Waals surface area contributed by atoms with E-state index in [0.717, 1.165) is 11.1 Å². The third-order valence-corrected chi connectivity index (χ3v) is 7.15. The van der Waals surface area contributed by atoms with Gasteiger partial charge in [0.1, 0.15) is 10.6 Å². The normalized spacial score (nSPS) is 12.2. The van der Waals surface area contributed by atoms with E-state index in [1.807, 2.05) is 61.5 Å². The van der Waals surface area contributed by atoms with Crippen molar-refractivity contribution in [2.75, 3.05) is 14.2 Å². The number of para-hydroxylation sites is 1. The van der Waals surface area contributed by atoms with E-state index in [9.17, 15) is 13.2 Å². The lowest BCUT2D eigenvalue weighted by atomic mass is 10.0. The van der Waals surface area contributed by atoms with Gasteiger partial charge in [-0.2, -0.15) is 0 Å². The highest BCUT2D eigenvalue weighted by Crippen LogP contribution is 2.30. The van der Waals surface area contributed by atoms with Gasteiger partial charge in [-0.15, -0.1) is 0 Å². The summed E-state index contributed by atoms with van der Waals surface area (Å²) in [7, 11) is -0.689. The van der Waals surface area contributed by atoms with E-state index in [4.69, 9.17) is 16.3 Å². The van der Waals surface area contributed by atoms with E-state index in [2.05, 4.69) is 4.72 Å². The van der Waals surface area contributed by atoms with Crippen LogP contribution in [-0.4, -0.2) is 33.4 Å². The number of methoxy groups -OCH3 is 1. The summed E-state index contributed by atoms with van der Waals surface area (Å²) in [5.74, 6) is 0.337. The molecule has 0 radical (unpaired) electrons. The monoisotopic (exact) mass is 472 g/mol. The fourth-order valence-corrected chi connectivity index (χ4v) is 4.84. The number of sulfonamides is 1. The number of amides is 1. The molecule has 0 aliphatic rings. The maximum atomic E-state index is 13.2. The van der Waals surface area contributed by atoms with Crippen LogP contribution in [0.2, 0.25) is 5.02 Å². The SMILES string of the molecule is COc1ccccc1C(C)N(C)C(=O)c1ccc(Cl)c(S(=O)(=O)NCc2ccccc2)c1. The molecule has 3 aromatic carbocycles. The summed E-state index contributed by atoms with van der Waals surface area (Å²) in [5, 5.41) is 0.0440. The summed E-state index contributed by atoms with van der Waals surface area (Å²) >= 11 is 6.18. The number of ether oxygens (including phenoxy) is 1. The Kier molecular flexibility index (Phi) is 7.56. The summed E-state index contributed by atoms with van der Waals surface area (Å²) in [4.78, 5) is 14.6. The summed E-state index contributed by atoms with van der Waals surface area (Å²) in [6.45, 7) is 1.99. The van der Waals surface area contributed by atoms with Crippen molar-refractivity contribution in [1.29, 1.82) is 0 Å². The Morgan fingerprint density at radius 1 is 1.06 bits per heavy atom. The molecule has 6 nitrogen and oxygen atoms in total. The Bertz CT molecular complexity index is 1200. The van der Waals surface area contributed by atoms with Crippen molar-refractivity contribution in [2.24, 2.45) is 0 Å². The average molecular weight is 473 g/mol. The lowest BCUT2D eigenvalue weighted by Crippen LogP contribution is -2.30. The second-order valence-electron chi connectivity index (χ2n) is 7.29. The molecule has 0 spiro atoms. The van der Waals surface area contributed by atoms with Crippen molar-refractivity contribution in [1.82, 2.24) is 9.62 Å². The number of nitrogens with one attached hydrogen (secondary N) is 1. The maximum absolute atomic E-state index is 13.2. The number of hydrogen-bond donors (Lipinski definition) is 1. The number of carbonyl (C=O) groups is 1. The van der Waals surface area contributed by atoms with Gasteiger partial charge in [0.05, 0.1) is 18.2 Å². The van der Waals surface area contributed by atoms with Gasteiger partial charge in [0.25, 0.3) is 5.91 Å². The van der Waals surface area contributed by atoms with Gasteiger partial charge in [-0.1, -0.05) is 60.1 Å². The number of carbonyl (C=O) groups excluding carboxylic acids is 1. The standard InChI is InChI=1S/C24H25ClN2O4S/c1-17(20-11-7-8-12-22(20)31-3)27(2)24(28)19-13-14-21(25)23(15-19)32(29,30)26-16-18-9-5-4-6-10-18/h4-15,17,26H,16H2,1-3H3. The third kappa shape index (κ3) is 5.30. The number of hydrogen-bond acceptors (Lipinski definition) is 4. The molecule has 0 fully saturated rings. The van der Waals surface area contributed by atoms with Crippen LogP contribution in [0.1, 0.15) is 34.5 Å². The van der Waals surface area contributed by atoms with Gasteiger partial charge in [-0.3, -0.25) is 4.79 Å². The maximum Gasteiger partial charge on any atom is 0.254 e. The molecular formula is C24H25ClN2O4S. The second-order valence-corrected chi connectivity index (χ2v) is 9.43. The third-order valence-electron chi connectivity index (χ3n) is 5.27. The summed E-state index contributed by atoms with van der Waals surface area (Å²) in [5.41, 5.74) is 1.88. The van der Waals surface area contributed by atoms with Crippen LogP contribution in [-0.2, 0) is 16.6 Å². The molecule has 3 aromatic rings. The van der Waals surface area contributed by atoms with Gasteiger partial charge in [0, 0.05) is 24.7 Å². The molecule has 0 heterocycles. The molecule has 168 valence electrons. The zero-order valence-corrected chi connectivity index (χ0v) is 19.7. The average Bonchev–Trinajstić information content (AvgIpc) is 2.82. The van der Waals surface area contributed by atoms with Gasteiger partial charge >= 0.3 is 0 Å². The van der Waals surface area contributed by atoms with Crippen LogP contribution >= 0.6 is 11.6 Å². The Labute approximate surface area is 193 Å². The van der Waals surface area contributed by atoms with Crippen LogP contribution in [0.25, 0.3) is 0 Å². The van der Waals surface area contributed by atoms with Crippen LogP contribution in [0.15, 0.2) is 77.7 Å². The molecular weight excluding hydrogens is 448 g/mol. The fourth-order valence-electron chi connectivity index (χ4n) is 3.29. The quantitative estimate of drug-likeness (QED) is 0.517. The first kappa shape index (κ1) is 23.8. The first-order valence-electron chi connectivity index (χ1n) is 9.98. The lowest BCUT2D eigenvalue weighted by molar-refractivity contribution is 0.0741. The number of benzene rings is 3. The van der Waals surface area contributed by atoms with Gasteiger partial charge < -0.3 is 9.64 Å². The zero-order chi connectivity index (χ0) is 23.3. The number of rotatable bonds is 8. The largest absolute Gasteiger partial charge is 0.496 e. The van der Waals surface area contributed by atoms with Crippen LogP contribution in [0.4, 0.5) is 0 Å². The van der Waals surface area contributed by atoms with Crippen molar-refractivity contribution >= 4 is 27.5 Å². The zero-order valence-electron chi connectivity index (χ0n) is 18.1. The Hall–Kier alpha value is -2.87. The first-order chi connectivity index (χ1) is 15.2. The summed E-state index contributed by atoms with van der Waals surface area (Å²) in [6.07, 6.45) is 0. The molecule has 1 amide bonds. The van der Waals surface area contributed by atoms with Gasteiger partial charge in [-0.25, -0.2) is 13.1 Å². The van der Waals surface area contributed by atoms with E-state index in [0.29, 0.717) is 5.75 Å². The van der Waals surface area contributed by atoms with Crippen LogP contribution in [0, 0.1) is 0 Å². The van der Waals surface area contributed by atoms with Crippen molar-refractivity contribution in [3.63, 3.8) is 0 Å². The Morgan fingerprint density at radius 3 is 2.41 bits per heavy atom. The van der Waals surface area contributed by atoms with E-state index in [-0.39, 0.29) is 34.0 Å². The highest BCUT2D eigenvalue weighted by molar-refractivity contribution is 7.89. The fraction of sp³-hybridized carbons (Fsp3) is 0.208.